The number of hydrogen-bond acceptors (Lipinski definition) is 3. The molecule has 1 heterocycles. The van der Waals surface area contributed by atoms with Crippen LogP contribution in [0.4, 0.5) is 0 Å². The second-order valence-electron chi connectivity index (χ2n) is 4.83. The molecule has 1 fully saturated rings. The molecule has 1 aliphatic rings. The maximum Gasteiger partial charge on any atom is 0.267 e. The van der Waals surface area contributed by atoms with Crippen LogP contribution < -0.4 is 10.5 Å². The fourth-order valence-corrected chi connectivity index (χ4v) is 2.37. The molecule has 0 bridgehead atoms. The Morgan fingerprint density at radius 1 is 1.56 bits per heavy atom. The molecule has 0 radical (unpaired) electrons. The Labute approximate surface area is 106 Å². The van der Waals surface area contributed by atoms with Gasteiger partial charge < -0.3 is 10.3 Å². The summed E-state index contributed by atoms with van der Waals surface area (Å²) in [7, 11) is -3.76. The number of aromatic nitrogens is 1. The minimum absolute atomic E-state index is 0.0794. The number of nitrogens with one attached hydrogen (secondary N) is 2. The summed E-state index contributed by atoms with van der Waals surface area (Å²) in [6, 6.07) is 1.25. The first-order valence-electron chi connectivity index (χ1n) is 5.86. The topological polar surface area (TPSA) is 105 Å². The maximum atomic E-state index is 11.8. The highest BCUT2D eigenvalue weighted by Crippen LogP contribution is 2.47. The normalized spacial score (nSPS) is 17.4. The van der Waals surface area contributed by atoms with Crippen molar-refractivity contribution in [1.29, 1.82) is 0 Å². The van der Waals surface area contributed by atoms with Crippen molar-refractivity contribution < 1.29 is 13.2 Å². The highest BCUT2D eigenvalue weighted by atomic mass is 32.2. The third-order valence-electron chi connectivity index (χ3n) is 3.56. The number of hydrogen-bond donors (Lipinski definition) is 3. The van der Waals surface area contributed by atoms with Crippen LogP contribution in [-0.2, 0) is 10.0 Å². The summed E-state index contributed by atoms with van der Waals surface area (Å²) in [6.07, 6.45) is 4.53. The molecule has 6 nitrogen and oxygen atoms in total. The van der Waals surface area contributed by atoms with Crippen LogP contribution in [0.2, 0.25) is 0 Å². The van der Waals surface area contributed by atoms with Gasteiger partial charge in [0.1, 0.15) is 5.69 Å². The van der Waals surface area contributed by atoms with Crippen LogP contribution in [0.1, 0.15) is 36.7 Å². The number of aromatic amines is 1. The summed E-state index contributed by atoms with van der Waals surface area (Å²) in [5.74, 6) is -0.301. The van der Waals surface area contributed by atoms with Crippen LogP contribution in [-0.4, -0.2) is 25.9 Å². The first kappa shape index (κ1) is 13.1. The number of nitrogens with two attached hydrogens (primary N) is 1. The Balaban J connectivity index is 1.99. The van der Waals surface area contributed by atoms with Crippen molar-refractivity contribution in [1.82, 2.24) is 10.3 Å². The van der Waals surface area contributed by atoms with E-state index < -0.39 is 10.0 Å². The molecule has 1 aromatic rings. The van der Waals surface area contributed by atoms with Gasteiger partial charge in [0.05, 0.1) is 4.90 Å². The molecule has 4 N–H and O–H groups in total. The molecule has 100 valence electrons. The number of amides is 1. The van der Waals surface area contributed by atoms with Crippen LogP contribution in [0.15, 0.2) is 17.2 Å². The van der Waals surface area contributed by atoms with E-state index in [1.165, 1.54) is 12.3 Å². The smallest absolute Gasteiger partial charge is 0.267 e. The van der Waals surface area contributed by atoms with Crippen molar-refractivity contribution in [3.63, 3.8) is 0 Å². The lowest BCUT2D eigenvalue weighted by Gasteiger charge is -2.12. The van der Waals surface area contributed by atoms with Crippen molar-refractivity contribution in [2.75, 3.05) is 6.54 Å². The van der Waals surface area contributed by atoms with Crippen LogP contribution >= 0.6 is 0 Å². The van der Waals surface area contributed by atoms with E-state index in [1.807, 2.05) is 0 Å². The van der Waals surface area contributed by atoms with Gasteiger partial charge in [-0.1, -0.05) is 6.92 Å². The first-order chi connectivity index (χ1) is 8.36. The molecule has 1 aliphatic carbocycles. The van der Waals surface area contributed by atoms with Gasteiger partial charge in [0.15, 0.2) is 0 Å². The third kappa shape index (κ3) is 2.73. The van der Waals surface area contributed by atoms with E-state index in [0.29, 0.717) is 6.54 Å². The van der Waals surface area contributed by atoms with Gasteiger partial charge in [0, 0.05) is 12.7 Å². The number of rotatable bonds is 5. The molecule has 0 atom stereocenters. The van der Waals surface area contributed by atoms with E-state index >= 15 is 0 Å². The third-order valence-corrected chi connectivity index (χ3v) is 4.45. The molecule has 1 amide bonds. The summed E-state index contributed by atoms with van der Waals surface area (Å²) < 4.78 is 22.1. The van der Waals surface area contributed by atoms with E-state index in [1.54, 1.807) is 0 Å². The van der Waals surface area contributed by atoms with Crippen molar-refractivity contribution >= 4 is 15.9 Å². The summed E-state index contributed by atoms with van der Waals surface area (Å²) in [5.41, 5.74) is 0.469. The van der Waals surface area contributed by atoms with Gasteiger partial charge in [-0.25, -0.2) is 13.6 Å². The van der Waals surface area contributed by atoms with Crippen molar-refractivity contribution in [2.45, 2.75) is 31.1 Å². The zero-order valence-corrected chi connectivity index (χ0v) is 11.0. The lowest BCUT2D eigenvalue weighted by atomic mass is 10.0. The number of sulfonamides is 1. The molecule has 18 heavy (non-hydrogen) atoms. The molecule has 1 saturated carbocycles. The summed E-state index contributed by atoms with van der Waals surface area (Å²) in [4.78, 5) is 14.3. The molecule has 1 aromatic heterocycles. The summed E-state index contributed by atoms with van der Waals surface area (Å²) in [5, 5.41) is 7.78. The zero-order valence-electron chi connectivity index (χ0n) is 10.2. The zero-order chi connectivity index (χ0) is 13.4. The Morgan fingerprint density at radius 2 is 2.22 bits per heavy atom. The van der Waals surface area contributed by atoms with E-state index in [0.717, 1.165) is 19.3 Å². The first-order valence-corrected chi connectivity index (χ1v) is 7.40. The summed E-state index contributed by atoms with van der Waals surface area (Å²) >= 11 is 0. The molecule has 0 aromatic carbocycles. The van der Waals surface area contributed by atoms with E-state index in [2.05, 4.69) is 17.2 Å². The van der Waals surface area contributed by atoms with E-state index in [-0.39, 0.29) is 21.9 Å². The number of carbonyl (C=O) groups excluding carboxylic acids is 1. The van der Waals surface area contributed by atoms with Gasteiger partial charge in [0.25, 0.3) is 5.91 Å². The van der Waals surface area contributed by atoms with Gasteiger partial charge >= 0.3 is 0 Å². The second-order valence-corrected chi connectivity index (χ2v) is 6.39. The lowest BCUT2D eigenvalue weighted by Crippen LogP contribution is -2.30. The number of primary sulfonamides is 1. The van der Waals surface area contributed by atoms with Crippen LogP contribution in [0.3, 0.4) is 0 Å². The SMILES string of the molecule is CCC1(CNC(=O)c2cc(S(N)(=O)=O)c[nH]2)CC1. The Morgan fingerprint density at radius 3 is 2.67 bits per heavy atom. The highest BCUT2D eigenvalue weighted by molar-refractivity contribution is 7.89. The average Bonchev–Trinajstić information content (AvgIpc) is 2.90. The van der Waals surface area contributed by atoms with Crippen LogP contribution in [0.5, 0.6) is 0 Å². The lowest BCUT2D eigenvalue weighted by molar-refractivity contribution is 0.0940. The predicted octanol–water partition coefficient (Wildman–Crippen LogP) is 0.582. The average molecular weight is 271 g/mol. The second kappa shape index (κ2) is 4.40. The standard InChI is InChI=1S/C11H17N3O3S/c1-2-11(3-4-11)7-14-10(15)9-5-8(6-13-9)18(12,16)17/h5-6,13H,2-4,7H2,1H3,(H,14,15)(H2,12,16,17). The van der Waals surface area contributed by atoms with Crippen molar-refractivity contribution in [2.24, 2.45) is 10.6 Å². The van der Waals surface area contributed by atoms with Gasteiger partial charge in [-0.15, -0.1) is 0 Å². The Kier molecular flexibility index (Phi) is 3.20. The Bertz CT molecular complexity index is 558. The molecule has 0 aliphatic heterocycles. The molecule has 0 saturated heterocycles. The summed E-state index contributed by atoms with van der Waals surface area (Å²) in [6.45, 7) is 2.74. The molecular weight excluding hydrogens is 254 g/mol. The molecule has 2 rings (SSSR count). The number of carbonyl (C=O) groups is 1. The van der Waals surface area contributed by atoms with Gasteiger partial charge in [0.2, 0.25) is 10.0 Å². The van der Waals surface area contributed by atoms with Gasteiger partial charge in [-0.3, -0.25) is 4.79 Å². The Hall–Kier alpha value is -1.34. The predicted molar refractivity (Wildman–Crippen MR) is 66.5 cm³/mol. The fourth-order valence-electron chi connectivity index (χ4n) is 1.86. The number of H-pyrrole nitrogens is 1. The van der Waals surface area contributed by atoms with E-state index in [9.17, 15) is 13.2 Å². The van der Waals surface area contributed by atoms with E-state index in [4.69, 9.17) is 5.14 Å². The largest absolute Gasteiger partial charge is 0.356 e. The van der Waals surface area contributed by atoms with Gasteiger partial charge in [-0.05, 0) is 30.7 Å². The van der Waals surface area contributed by atoms with Crippen LogP contribution in [0, 0.1) is 5.41 Å². The van der Waals surface area contributed by atoms with Crippen LogP contribution in [0.25, 0.3) is 0 Å². The molecule has 7 heteroatoms. The molecule has 0 spiro atoms. The maximum absolute atomic E-state index is 11.8. The highest BCUT2D eigenvalue weighted by Gasteiger charge is 2.40. The molecular formula is C11H17N3O3S. The van der Waals surface area contributed by atoms with Crippen molar-refractivity contribution in [3.05, 3.63) is 18.0 Å². The van der Waals surface area contributed by atoms with Crippen molar-refractivity contribution in [3.8, 4) is 0 Å². The fraction of sp³-hybridized carbons (Fsp3) is 0.545. The quantitative estimate of drug-likeness (QED) is 0.729. The minimum Gasteiger partial charge on any atom is -0.356 e. The minimum atomic E-state index is -3.76. The molecule has 0 unspecified atom stereocenters. The monoisotopic (exact) mass is 271 g/mol. The van der Waals surface area contributed by atoms with Gasteiger partial charge in [-0.2, -0.15) is 0 Å².